The Balaban J connectivity index is 2.20. The van der Waals surface area contributed by atoms with E-state index >= 15 is 0 Å². The predicted octanol–water partition coefficient (Wildman–Crippen LogP) is 6.03. The minimum absolute atomic E-state index is 0.221. The molecule has 1 aromatic heterocycles. The zero-order chi connectivity index (χ0) is 22.8. The summed E-state index contributed by atoms with van der Waals surface area (Å²) in [5.41, 5.74) is 2.90. The summed E-state index contributed by atoms with van der Waals surface area (Å²) in [6.07, 6.45) is 0. The van der Waals surface area contributed by atoms with Gasteiger partial charge in [-0.1, -0.05) is 48.5 Å². The maximum atomic E-state index is 13.1. The summed E-state index contributed by atoms with van der Waals surface area (Å²) in [7, 11) is 0. The van der Waals surface area contributed by atoms with E-state index < -0.39 is 11.9 Å². The molecule has 0 spiro atoms. The molecule has 0 aliphatic carbocycles. The number of nitrogens with zero attached hydrogens (tertiary/aromatic N) is 1. The first-order chi connectivity index (χ1) is 15.5. The van der Waals surface area contributed by atoms with Crippen LogP contribution in [-0.2, 0) is 9.47 Å². The Morgan fingerprint density at radius 1 is 0.750 bits per heavy atom. The van der Waals surface area contributed by atoms with Crippen molar-refractivity contribution in [3.8, 4) is 11.1 Å². The molecule has 0 radical (unpaired) electrons. The van der Waals surface area contributed by atoms with Crippen molar-refractivity contribution in [1.29, 1.82) is 0 Å². The summed E-state index contributed by atoms with van der Waals surface area (Å²) >= 11 is 0. The SMILES string of the molecule is CCOC(=O)c1c(C)nc(C)c(C(=O)OCC)c1-c1cc2ccccc2c2ccccc12. The molecule has 4 rings (SSSR count). The van der Waals surface area contributed by atoms with Crippen LogP contribution in [0.25, 0.3) is 32.7 Å². The van der Waals surface area contributed by atoms with Gasteiger partial charge in [-0.05, 0) is 60.9 Å². The number of carbonyl (C=O) groups excluding carboxylic acids is 2. The highest BCUT2D eigenvalue weighted by Crippen LogP contribution is 2.40. The minimum Gasteiger partial charge on any atom is -0.462 e. The van der Waals surface area contributed by atoms with Crippen molar-refractivity contribution < 1.29 is 19.1 Å². The second-order valence-corrected chi connectivity index (χ2v) is 7.54. The Kier molecular flexibility index (Phi) is 5.91. The normalized spacial score (nSPS) is 11.0. The smallest absolute Gasteiger partial charge is 0.340 e. The molecule has 5 nitrogen and oxygen atoms in total. The van der Waals surface area contributed by atoms with Gasteiger partial charge in [0, 0.05) is 5.56 Å². The molecule has 0 unspecified atom stereocenters. The second kappa shape index (κ2) is 8.79. The van der Waals surface area contributed by atoms with E-state index in [1.54, 1.807) is 27.7 Å². The van der Waals surface area contributed by atoms with E-state index in [1.165, 1.54) is 0 Å². The van der Waals surface area contributed by atoms with Crippen molar-refractivity contribution in [2.75, 3.05) is 13.2 Å². The van der Waals surface area contributed by atoms with Crippen LogP contribution in [0.3, 0.4) is 0 Å². The van der Waals surface area contributed by atoms with Gasteiger partial charge in [0.2, 0.25) is 0 Å². The standard InChI is InChI=1S/C27H25NO4/c1-5-31-26(29)23-16(3)28-17(4)24(27(30)32-6-2)25(23)22-15-18-11-7-8-12-19(18)20-13-9-10-14-21(20)22/h7-15H,5-6H2,1-4H3. The predicted molar refractivity (Wildman–Crippen MR) is 126 cm³/mol. The van der Waals surface area contributed by atoms with Crippen molar-refractivity contribution in [2.45, 2.75) is 27.7 Å². The second-order valence-electron chi connectivity index (χ2n) is 7.54. The van der Waals surface area contributed by atoms with Crippen LogP contribution in [0.1, 0.15) is 46.0 Å². The number of hydrogen-bond acceptors (Lipinski definition) is 5. The highest BCUT2D eigenvalue weighted by atomic mass is 16.5. The molecule has 0 bridgehead atoms. The van der Waals surface area contributed by atoms with Crippen LogP contribution in [0, 0.1) is 13.8 Å². The fourth-order valence-electron chi connectivity index (χ4n) is 4.29. The van der Waals surface area contributed by atoms with E-state index in [4.69, 9.17) is 9.47 Å². The van der Waals surface area contributed by atoms with Gasteiger partial charge in [-0.3, -0.25) is 4.98 Å². The van der Waals surface area contributed by atoms with Crippen molar-refractivity contribution >= 4 is 33.5 Å². The van der Waals surface area contributed by atoms with Gasteiger partial charge in [0.15, 0.2) is 0 Å². The summed E-state index contributed by atoms with van der Waals surface area (Å²) in [4.78, 5) is 30.7. The highest BCUT2D eigenvalue weighted by molar-refractivity contribution is 6.18. The van der Waals surface area contributed by atoms with Gasteiger partial charge in [-0.15, -0.1) is 0 Å². The van der Waals surface area contributed by atoms with Crippen LogP contribution < -0.4 is 0 Å². The first-order valence-corrected chi connectivity index (χ1v) is 10.7. The molecule has 0 fully saturated rings. The lowest BCUT2D eigenvalue weighted by Gasteiger charge is -2.20. The highest BCUT2D eigenvalue weighted by Gasteiger charge is 2.29. The van der Waals surface area contributed by atoms with Gasteiger partial charge in [-0.25, -0.2) is 9.59 Å². The van der Waals surface area contributed by atoms with E-state index in [9.17, 15) is 9.59 Å². The fourth-order valence-corrected chi connectivity index (χ4v) is 4.29. The average molecular weight is 428 g/mol. The van der Waals surface area contributed by atoms with Crippen LogP contribution in [0.4, 0.5) is 0 Å². The number of fused-ring (bicyclic) bond motifs is 3. The van der Waals surface area contributed by atoms with Gasteiger partial charge < -0.3 is 9.47 Å². The number of benzene rings is 3. The van der Waals surface area contributed by atoms with Gasteiger partial charge in [-0.2, -0.15) is 0 Å². The lowest BCUT2D eigenvalue weighted by atomic mass is 9.87. The molecule has 4 aromatic rings. The number of esters is 2. The molecule has 32 heavy (non-hydrogen) atoms. The van der Waals surface area contributed by atoms with Crippen LogP contribution in [-0.4, -0.2) is 30.1 Å². The quantitative estimate of drug-likeness (QED) is 0.288. The molecule has 0 amide bonds. The van der Waals surface area contributed by atoms with Gasteiger partial charge in [0.1, 0.15) is 0 Å². The van der Waals surface area contributed by atoms with E-state index in [0.29, 0.717) is 28.1 Å². The Morgan fingerprint density at radius 3 is 1.81 bits per heavy atom. The first-order valence-electron chi connectivity index (χ1n) is 10.7. The number of ether oxygens (including phenoxy) is 2. The molecule has 0 aliphatic heterocycles. The van der Waals surface area contributed by atoms with Gasteiger partial charge in [0.05, 0.1) is 35.7 Å². The molecular weight excluding hydrogens is 402 g/mol. The Hall–Kier alpha value is -3.73. The van der Waals surface area contributed by atoms with Crippen LogP contribution in [0.2, 0.25) is 0 Å². The lowest BCUT2D eigenvalue weighted by Crippen LogP contribution is -2.17. The zero-order valence-corrected chi connectivity index (χ0v) is 18.7. The summed E-state index contributed by atoms with van der Waals surface area (Å²) < 4.78 is 10.7. The monoisotopic (exact) mass is 427 g/mol. The molecule has 0 saturated carbocycles. The summed E-state index contributed by atoms with van der Waals surface area (Å²) in [5, 5.41) is 4.09. The average Bonchev–Trinajstić information content (AvgIpc) is 2.78. The van der Waals surface area contributed by atoms with Crippen molar-refractivity contribution in [1.82, 2.24) is 4.98 Å². The molecular formula is C27H25NO4. The molecule has 3 aromatic carbocycles. The van der Waals surface area contributed by atoms with Crippen molar-refractivity contribution in [3.05, 3.63) is 77.1 Å². The molecule has 5 heteroatoms. The number of rotatable bonds is 5. The molecule has 1 heterocycles. The van der Waals surface area contributed by atoms with Crippen LogP contribution in [0.15, 0.2) is 54.6 Å². The summed E-state index contributed by atoms with van der Waals surface area (Å²) in [5.74, 6) is -1.01. The number of aromatic nitrogens is 1. The zero-order valence-electron chi connectivity index (χ0n) is 18.7. The maximum absolute atomic E-state index is 13.1. The minimum atomic E-state index is -0.504. The molecule has 0 atom stereocenters. The third-order valence-corrected chi connectivity index (χ3v) is 5.56. The van der Waals surface area contributed by atoms with E-state index in [0.717, 1.165) is 27.1 Å². The summed E-state index contributed by atoms with van der Waals surface area (Å²) in [6, 6.07) is 18.1. The first kappa shape index (κ1) is 21.5. The number of carbonyl (C=O) groups is 2. The number of aryl methyl sites for hydroxylation is 2. The summed E-state index contributed by atoms with van der Waals surface area (Å²) in [6.45, 7) is 7.48. The topological polar surface area (TPSA) is 65.5 Å². The fraction of sp³-hybridized carbons (Fsp3) is 0.222. The van der Waals surface area contributed by atoms with E-state index in [2.05, 4.69) is 17.1 Å². The third kappa shape index (κ3) is 3.60. The number of pyridine rings is 1. The Labute approximate surface area is 187 Å². The molecule has 162 valence electrons. The van der Waals surface area contributed by atoms with Crippen molar-refractivity contribution in [2.24, 2.45) is 0 Å². The lowest BCUT2D eigenvalue weighted by molar-refractivity contribution is 0.0525. The third-order valence-electron chi connectivity index (χ3n) is 5.56. The molecule has 0 aliphatic rings. The van der Waals surface area contributed by atoms with Gasteiger partial charge >= 0.3 is 11.9 Å². The van der Waals surface area contributed by atoms with Crippen LogP contribution in [0.5, 0.6) is 0 Å². The Morgan fingerprint density at radius 2 is 1.25 bits per heavy atom. The molecule has 0 N–H and O–H groups in total. The van der Waals surface area contributed by atoms with E-state index in [1.807, 2.05) is 42.5 Å². The largest absolute Gasteiger partial charge is 0.462 e. The maximum Gasteiger partial charge on any atom is 0.340 e. The molecule has 0 saturated heterocycles. The van der Waals surface area contributed by atoms with E-state index in [-0.39, 0.29) is 13.2 Å². The van der Waals surface area contributed by atoms with Gasteiger partial charge in [0.25, 0.3) is 0 Å². The van der Waals surface area contributed by atoms with Crippen molar-refractivity contribution in [3.63, 3.8) is 0 Å². The Bertz CT molecular complexity index is 1310. The van der Waals surface area contributed by atoms with Crippen LogP contribution >= 0.6 is 0 Å². The number of hydrogen-bond donors (Lipinski definition) is 0.